The number of nitrogens with one attached hydrogen (secondary N) is 1. The zero-order valence-corrected chi connectivity index (χ0v) is 12.0. The Hall–Kier alpha value is -0.660. The van der Waals surface area contributed by atoms with Gasteiger partial charge in [-0.3, -0.25) is 4.79 Å². The second-order valence-electron chi connectivity index (χ2n) is 5.07. The molecule has 106 valence electrons. The molecule has 0 unspecified atom stereocenters. The fraction of sp³-hybridized carbons (Fsp3) is 0.909. The Morgan fingerprint density at radius 2 is 2.17 bits per heavy atom. The van der Waals surface area contributed by atoms with Crippen LogP contribution in [0, 0.1) is 5.92 Å². The zero-order valence-electron chi connectivity index (χ0n) is 11.2. The number of carbonyl (C=O) groups excluding carboxylic acids is 1. The molecule has 0 radical (unpaired) electrons. The predicted octanol–water partition coefficient (Wildman–Crippen LogP) is -0.490. The van der Waals surface area contributed by atoms with Crippen LogP contribution in [-0.2, 0) is 14.8 Å². The molecule has 1 fully saturated rings. The molecule has 3 N–H and O–H groups in total. The highest BCUT2D eigenvalue weighted by molar-refractivity contribution is 7.88. The Labute approximate surface area is 109 Å². The second kappa shape index (κ2) is 5.99. The Morgan fingerprint density at radius 1 is 1.56 bits per heavy atom. The van der Waals surface area contributed by atoms with Gasteiger partial charge in [0.15, 0.2) is 0 Å². The molecule has 1 aliphatic heterocycles. The zero-order chi connectivity index (χ0) is 13.9. The smallest absolute Gasteiger partial charge is 0.240 e. The molecule has 0 aromatic carbocycles. The summed E-state index contributed by atoms with van der Waals surface area (Å²) in [7, 11) is -3.37. The van der Waals surface area contributed by atoms with Crippen molar-refractivity contribution in [3.05, 3.63) is 0 Å². The van der Waals surface area contributed by atoms with Gasteiger partial charge in [-0.25, -0.2) is 13.1 Å². The van der Waals surface area contributed by atoms with Crippen molar-refractivity contribution in [1.82, 2.24) is 9.62 Å². The second-order valence-corrected chi connectivity index (χ2v) is 6.85. The van der Waals surface area contributed by atoms with Gasteiger partial charge in [0.05, 0.1) is 12.3 Å². The lowest BCUT2D eigenvalue weighted by atomic mass is 9.90. The molecule has 0 aromatic rings. The minimum Gasteiger partial charge on any atom is -0.337 e. The summed E-state index contributed by atoms with van der Waals surface area (Å²) in [5.41, 5.74) is 5.72. The number of nitrogens with zero attached hydrogens (tertiary/aromatic N) is 1. The molecule has 7 heteroatoms. The molecule has 1 heterocycles. The van der Waals surface area contributed by atoms with Crippen LogP contribution in [0.5, 0.6) is 0 Å². The van der Waals surface area contributed by atoms with Gasteiger partial charge >= 0.3 is 0 Å². The van der Waals surface area contributed by atoms with Crippen molar-refractivity contribution in [1.29, 1.82) is 0 Å². The summed E-state index contributed by atoms with van der Waals surface area (Å²) in [5, 5.41) is 0. The Morgan fingerprint density at radius 3 is 2.67 bits per heavy atom. The van der Waals surface area contributed by atoms with Crippen LogP contribution in [0.1, 0.15) is 26.7 Å². The van der Waals surface area contributed by atoms with Crippen molar-refractivity contribution in [2.24, 2.45) is 11.7 Å². The van der Waals surface area contributed by atoms with Crippen LogP contribution in [0.2, 0.25) is 0 Å². The van der Waals surface area contributed by atoms with E-state index in [2.05, 4.69) is 11.6 Å². The quantitative estimate of drug-likeness (QED) is 0.725. The van der Waals surface area contributed by atoms with E-state index < -0.39 is 16.1 Å². The van der Waals surface area contributed by atoms with Crippen molar-refractivity contribution in [2.45, 2.75) is 38.8 Å². The van der Waals surface area contributed by atoms with Crippen LogP contribution >= 0.6 is 0 Å². The molecule has 1 amide bonds. The molecule has 0 aliphatic carbocycles. The average Bonchev–Trinajstić information content (AvgIpc) is 2.25. The SMILES string of the molecule is C[C@H](NS(C)(=O)=O)C(=O)N1CCC[C@H](C)[C@@H]1CN. The molecule has 3 atom stereocenters. The van der Waals surface area contributed by atoms with Crippen LogP contribution in [0.15, 0.2) is 0 Å². The summed E-state index contributed by atoms with van der Waals surface area (Å²) >= 11 is 0. The largest absolute Gasteiger partial charge is 0.337 e. The number of nitrogens with two attached hydrogens (primary N) is 1. The topological polar surface area (TPSA) is 92.5 Å². The Kier molecular flexibility index (Phi) is 5.12. The number of likely N-dealkylation sites (tertiary alicyclic amines) is 1. The van der Waals surface area contributed by atoms with E-state index in [-0.39, 0.29) is 11.9 Å². The maximum Gasteiger partial charge on any atom is 0.240 e. The molecule has 1 aliphatic rings. The summed E-state index contributed by atoms with van der Waals surface area (Å²) < 4.78 is 24.6. The van der Waals surface area contributed by atoms with Crippen LogP contribution in [0.3, 0.4) is 0 Å². The van der Waals surface area contributed by atoms with Crippen molar-refractivity contribution in [2.75, 3.05) is 19.3 Å². The van der Waals surface area contributed by atoms with E-state index >= 15 is 0 Å². The van der Waals surface area contributed by atoms with Gasteiger partial charge in [0.25, 0.3) is 0 Å². The van der Waals surface area contributed by atoms with E-state index in [0.717, 1.165) is 19.1 Å². The molecule has 0 saturated carbocycles. The Bertz CT molecular complexity index is 396. The summed E-state index contributed by atoms with van der Waals surface area (Å²) in [5.74, 6) is 0.167. The minimum atomic E-state index is -3.37. The number of hydrogen-bond acceptors (Lipinski definition) is 4. The number of amides is 1. The van der Waals surface area contributed by atoms with E-state index in [1.165, 1.54) is 0 Å². The molecule has 0 aromatic heterocycles. The molecular weight excluding hydrogens is 254 g/mol. The number of carbonyl (C=O) groups is 1. The number of rotatable bonds is 4. The average molecular weight is 277 g/mol. The molecule has 18 heavy (non-hydrogen) atoms. The molecule has 0 spiro atoms. The van der Waals surface area contributed by atoms with Gasteiger partial charge in [-0.15, -0.1) is 0 Å². The highest BCUT2D eigenvalue weighted by Crippen LogP contribution is 2.23. The first-order valence-electron chi connectivity index (χ1n) is 6.24. The number of sulfonamides is 1. The van der Waals surface area contributed by atoms with E-state index in [1.54, 1.807) is 11.8 Å². The lowest BCUT2D eigenvalue weighted by Gasteiger charge is -2.40. The van der Waals surface area contributed by atoms with E-state index in [0.29, 0.717) is 19.0 Å². The third kappa shape index (κ3) is 3.93. The van der Waals surface area contributed by atoms with Crippen LogP contribution in [0.25, 0.3) is 0 Å². The van der Waals surface area contributed by atoms with Crippen LogP contribution < -0.4 is 10.5 Å². The highest BCUT2D eigenvalue weighted by Gasteiger charge is 2.33. The van der Waals surface area contributed by atoms with Gasteiger partial charge in [0, 0.05) is 19.1 Å². The normalized spacial score (nSPS) is 27.0. The van der Waals surface area contributed by atoms with Gasteiger partial charge in [-0.05, 0) is 25.7 Å². The van der Waals surface area contributed by atoms with Crippen molar-refractivity contribution < 1.29 is 13.2 Å². The lowest BCUT2D eigenvalue weighted by Crippen LogP contribution is -2.56. The van der Waals surface area contributed by atoms with Gasteiger partial charge < -0.3 is 10.6 Å². The highest BCUT2D eigenvalue weighted by atomic mass is 32.2. The van der Waals surface area contributed by atoms with Crippen molar-refractivity contribution in [3.63, 3.8) is 0 Å². The van der Waals surface area contributed by atoms with Crippen molar-refractivity contribution >= 4 is 15.9 Å². The van der Waals surface area contributed by atoms with Gasteiger partial charge in [0.2, 0.25) is 15.9 Å². The summed E-state index contributed by atoms with van der Waals surface area (Å²) in [6, 6.07) is -0.727. The van der Waals surface area contributed by atoms with Gasteiger partial charge in [-0.1, -0.05) is 6.92 Å². The van der Waals surface area contributed by atoms with Gasteiger partial charge in [0.1, 0.15) is 0 Å². The molecule has 0 bridgehead atoms. The van der Waals surface area contributed by atoms with Crippen LogP contribution in [0.4, 0.5) is 0 Å². The number of piperidine rings is 1. The molecule has 6 nitrogen and oxygen atoms in total. The first-order chi connectivity index (χ1) is 8.26. The summed E-state index contributed by atoms with van der Waals surface area (Å²) in [6.45, 7) is 4.71. The van der Waals surface area contributed by atoms with Crippen molar-refractivity contribution in [3.8, 4) is 0 Å². The first-order valence-corrected chi connectivity index (χ1v) is 8.13. The van der Waals surface area contributed by atoms with E-state index in [4.69, 9.17) is 5.73 Å². The predicted molar refractivity (Wildman–Crippen MR) is 70.4 cm³/mol. The fourth-order valence-corrected chi connectivity index (χ4v) is 3.25. The maximum atomic E-state index is 12.2. The first kappa shape index (κ1) is 15.4. The Balaban J connectivity index is 2.75. The summed E-state index contributed by atoms with van der Waals surface area (Å²) in [4.78, 5) is 14.0. The molecule has 1 rings (SSSR count). The summed E-state index contributed by atoms with van der Waals surface area (Å²) in [6.07, 6.45) is 3.05. The standard InChI is InChI=1S/C11H23N3O3S/c1-8-5-4-6-14(10(8)7-12)11(15)9(2)13-18(3,16)17/h8-10,13H,4-7,12H2,1-3H3/t8-,9-,10-/m0/s1. The third-order valence-electron chi connectivity index (χ3n) is 3.40. The lowest BCUT2D eigenvalue weighted by molar-refractivity contribution is -0.137. The maximum absolute atomic E-state index is 12.2. The van der Waals surface area contributed by atoms with E-state index in [1.807, 2.05) is 0 Å². The molecular formula is C11H23N3O3S. The third-order valence-corrected chi connectivity index (χ3v) is 4.18. The fourth-order valence-electron chi connectivity index (χ4n) is 2.50. The van der Waals surface area contributed by atoms with E-state index in [9.17, 15) is 13.2 Å². The van der Waals surface area contributed by atoms with Crippen LogP contribution in [-0.4, -0.2) is 50.7 Å². The monoisotopic (exact) mass is 277 g/mol. The van der Waals surface area contributed by atoms with Gasteiger partial charge in [-0.2, -0.15) is 0 Å². The minimum absolute atomic E-state index is 0.00932. The number of hydrogen-bond donors (Lipinski definition) is 2. The molecule has 1 saturated heterocycles.